The van der Waals surface area contributed by atoms with E-state index in [1.165, 1.54) is 16.7 Å². The Balaban J connectivity index is 2.44. The van der Waals surface area contributed by atoms with Gasteiger partial charge in [-0.1, -0.05) is 30.7 Å². The SMILES string of the molecule is CCNC(c1csc(C)n1)c1cc(C)ccc1C. The summed E-state index contributed by atoms with van der Waals surface area (Å²) < 4.78 is 0. The van der Waals surface area contributed by atoms with Gasteiger partial charge < -0.3 is 5.32 Å². The van der Waals surface area contributed by atoms with Crippen molar-refractivity contribution in [2.75, 3.05) is 6.54 Å². The average Bonchev–Trinajstić information content (AvgIpc) is 2.76. The van der Waals surface area contributed by atoms with Crippen molar-refractivity contribution in [3.8, 4) is 0 Å². The van der Waals surface area contributed by atoms with Gasteiger partial charge in [-0.3, -0.25) is 0 Å². The summed E-state index contributed by atoms with van der Waals surface area (Å²) in [6.07, 6.45) is 0. The zero-order valence-corrected chi connectivity index (χ0v) is 12.3. The molecule has 0 saturated heterocycles. The van der Waals surface area contributed by atoms with Crippen LogP contribution in [0.25, 0.3) is 0 Å². The third-order valence-electron chi connectivity index (χ3n) is 3.09. The van der Waals surface area contributed by atoms with E-state index in [1.54, 1.807) is 11.3 Å². The first-order valence-electron chi connectivity index (χ1n) is 6.34. The fourth-order valence-electron chi connectivity index (χ4n) is 2.16. The molecule has 1 N–H and O–H groups in total. The van der Waals surface area contributed by atoms with E-state index < -0.39 is 0 Å². The molecule has 0 spiro atoms. The van der Waals surface area contributed by atoms with Gasteiger partial charge in [-0.25, -0.2) is 4.98 Å². The van der Waals surface area contributed by atoms with Crippen LogP contribution in [0.5, 0.6) is 0 Å². The highest BCUT2D eigenvalue weighted by Gasteiger charge is 2.17. The second-order valence-corrected chi connectivity index (χ2v) is 5.70. The predicted molar refractivity (Wildman–Crippen MR) is 78.3 cm³/mol. The Morgan fingerprint density at radius 2 is 2.06 bits per heavy atom. The summed E-state index contributed by atoms with van der Waals surface area (Å²) in [6.45, 7) is 9.43. The standard InChI is InChI=1S/C15H20N2S/c1-5-16-15(14-9-18-12(4)17-14)13-8-10(2)6-7-11(13)3/h6-9,15-16H,5H2,1-4H3. The van der Waals surface area contributed by atoms with E-state index in [2.05, 4.69) is 61.6 Å². The summed E-state index contributed by atoms with van der Waals surface area (Å²) in [4.78, 5) is 4.63. The molecule has 0 radical (unpaired) electrons. The normalized spacial score (nSPS) is 12.7. The molecule has 96 valence electrons. The minimum absolute atomic E-state index is 0.208. The summed E-state index contributed by atoms with van der Waals surface area (Å²) >= 11 is 1.71. The Morgan fingerprint density at radius 1 is 1.28 bits per heavy atom. The van der Waals surface area contributed by atoms with E-state index in [9.17, 15) is 0 Å². The lowest BCUT2D eigenvalue weighted by molar-refractivity contribution is 0.614. The Labute approximate surface area is 113 Å². The molecule has 2 nitrogen and oxygen atoms in total. The number of hydrogen-bond donors (Lipinski definition) is 1. The lowest BCUT2D eigenvalue weighted by Gasteiger charge is -2.19. The largest absolute Gasteiger partial charge is 0.305 e. The molecule has 1 aromatic heterocycles. The van der Waals surface area contributed by atoms with Crippen molar-refractivity contribution in [3.63, 3.8) is 0 Å². The summed E-state index contributed by atoms with van der Waals surface area (Å²) in [5, 5.41) is 6.82. The molecule has 3 heteroatoms. The van der Waals surface area contributed by atoms with E-state index in [0.717, 1.165) is 17.2 Å². The van der Waals surface area contributed by atoms with Gasteiger partial charge in [0.2, 0.25) is 0 Å². The van der Waals surface area contributed by atoms with Crippen molar-refractivity contribution in [3.05, 3.63) is 51.0 Å². The Kier molecular flexibility index (Phi) is 4.15. The summed E-state index contributed by atoms with van der Waals surface area (Å²) in [7, 11) is 0. The van der Waals surface area contributed by atoms with E-state index in [0.29, 0.717) is 0 Å². The number of hydrogen-bond acceptors (Lipinski definition) is 3. The molecule has 1 aromatic carbocycles. The predicted octanol–water partition coefficient (Wildman–Crippen LogP) is 3.77. The molecule has 1 atom stereocenters. The van der Waals surface area contributed by atoms with Crippen molar-refractivity contribution in [1.82, 2.24) is 10.3 Å². The molecule has 0 aliphatic heterocycles. The Hall–Kier alpha value is -1.19. The first-order valence-corrected chi connectivity index (χ1v) is 7.22. The van der Waals surface area contributed by atoms with Crippen LogP contribution in [0.15, 0.2) is 23.6 Å². The first-order chi connectivity index (χ1) is 8.61. The average molecular weight is 260 g/mol. The van der Waals surface area contributed by atoms with Crippen LogP contribution in [0.2, 0.25) is 0 Å². The maximum Gasteiger partial charge on any atom is 0.0898 e. The van der Waals surface area contributed by atoms with Crippen LogP contribution in [-0.4, -0.2) is 11.5 Å². The van der Waals surface area contributed by atoms with Crippen molar-refractivity contribution in [1.29, 1.82) is 0 Å². The Morgan fingerprint density at radius 3 is 2.67 bits per heavy atom. The van der Waals surface area contributed by atoms with Crippen LogP contribution >= 0.6 is 11.3 Å². The molecular weight excluding hydrogens is 240 g/mol. The lowest BCUT2D eigenvalue weighted by atomic mass is 9.97. The number of aryl methyl sites for hydroxylation is 3. The van der Waals surface area contributed by atoms with Crippen LogP contribution in [0, 0.1) is 20.8 Å². The maximum absolute atomic E-state index is 4.63. The van der Waals surface area contributed by atoms with Crippen LogP contribution < -0.4 is 5.32 Å². The van der Waals surface area contributed by atoms with Gasteiger partial charge in [0.05, 0.1) is 16.7 Å². The monoisotopic (exact) mass is 260 g/mol. The van der Waals surface area contributed by atoms with Crippen molar-refractivity contribution >= 4 is 11.3 Å². The molecule has 0 aliphatic rings. The number of aromatic nitrogens is 1. The summed E-state index contributed by atoms with van der Waals surface area (Å²) in [5.74, 6) is 0. The van der Waals surface area contributed by atoms with Crippen LogP contribution in [0.4, 0.5) is 0 Å². The number of nitrogens with zero attached hydrogens (tertiary/aromatic N) is 1. The van der Waals surface area contributed by atoms with Gasteiger partial charge in [0.25, 0.3) is 0 Å². The van der Waals surface area contributed by atoms with Crippen molar-refractivity contribution in [2.24, 2.45) is 0 Å². The Bertz CT molecular complexity index is 531. The molecule has 0 saturated carbocycles. The fraction of sp³-hybridized carbons (Fsp3) is 0.400. The van der Waals surface area contributed by atoms with Gasteiger partial charge >= 0.3 is 0 Å². The molecule has 0 fully saturated rings. The molecule has 0 bridgehead atoms. The third kappa shape index (κ3) is 2.79. The van der Waals surface area contributed by atoms with Gasteiger partial charge in [-0.2, -0.15) is 0 Å². The smallest absolute Gasteiger partial charge is 0.0898 e. The van der Waals surface area contributed by atoms with E-state index in [-0.39, 0.29) is 6.04 Å². The van der Waals surface area contributed by atoms with Crippen molar-refractivity contribution in [2.45, 2.75) is 33.7 Å². The highest BCUT2D eigenvalue weighted by Crippen LogP contribution is 2.26. The van der Waals surface area contributed by atoms with Gasteiger partial charge in [-0.05, 0) is 38.4 Å². The zero-order chi connectivity index (χ0) is 13.1. The molecule has 0 aliphatic carbocycles. The molecule has 2 rings (SSSR count). The number of rotatable bonds is 4. The molecule has 0 amide bonds. The van der Waals surface area contributed by atoms with Gasteiger partial charge in [0, 0.05) is 5.38 Å². The van der Waals surface area contributed by atoms with Crippen LogP contribution in [0.1, 0.15) is 40.4 Å². The highest BCUT2D eigenvalue weighted by molar-refractivity contribution is 7.09. The number of nitrogens with one attached hydrogen (secondary N) is 1. The molecule has 1 heterocycles. The van der Waals surface area contributed by atoms with Crippen molar-refractivity contribution < 1.29 is 0 Å². The van der Waals surface area contributed by atoms with Gasteiger partial charge in [0.1, 0.15) is 0 Å². The molecular formula is C15H20N2S. The minimum Gasteiger partial charge on any atom is -0.305 e. The van der Waals surface area contributed by atoms with Crippen LogP contribution in [0.3, 0.4) is 0 Å². The van der Waals surface area contributed by atoms with Crippen LogP contribution in [-0.2, 0) is 0 Å². The lowest BCUT2D eigenvalue weighted by Crippen LogP contribution is -2.23. The van der Waals surface area contributed by atoms with E-state index in [1.807, 2.05) is 0 Å². The van der Waals surface area contributed by atoms with E-state index >= 15 is 0 Å². The summed E-state index contributed by atoms with van der Waals surface area (Å²) in [6, 6.07) is 6.82. The van der Waals surface area contributed by atoms with Gasteiger partial charge in [0.15, 0.2) is 0 Å². The maximum atomic E-state index is 4.63. The first kappa shape index (κ1) is 13.2. The molecule has 18 heavy (non-hydrogen) atoms. The second kappa shape index (κ2) is 5.63. The number of benzene rings is 1. The fourth-order valence-corrected chi connectivity index (χ4v) is 2.80. The second-order valence-electron chi connectivity index (χ2n) is 4.64. The molecule has 2 aromatic rings. The quantitative estimate of drug-likeness (QED) is 0.905. The summed E-state index contributed by atoms with van der Waals surface area (Å²) in [5.41, 5.74) is 5.08. The van der Waals surface area contributed by atoms with Gasteiger partial charge in [-0.15, -0.1) is 11.3 Å². The highest BCUT2D eigenvalue weighted by atomic mass is 32.1. The minimum atomic E-state index is 0.208. The molecule has 1 unspecified atom stereocenters. The zero-order valence-electron chi connectivity index (χ0n) is 11.4. The topological polar surface area (TPSA) is 24.9 Å². The van der Waals surface area contributed by atoms with E-state index in [4.69, 9.17) is 0 Å². The number of thiazole rings is 1. The third-order valence-corrected chi connectivity index (χ3v) is 3.88.